The Bertz CT molecular complexity index is 165. The maximum absolute atomic E-state index is 9.78. The third kappa shape index (κ3) is 5.50. The lowest BCUT2D eigenvalue weighted by atomic mass is 10.0. The minimum Gasteiger partial charge on any atom is -0.389 e. The van der Waals surface area contributed by atoms with E-state index in [1.165, 1.54) is 32.4 Å². The van der Waals surface area contributed by atoms with Crippen molar-refractivity contribution in [3.63, 3.8) is 0 Å². The molecule has 0 radical (unpaired) electrons. The molecule has 1 heterocycles. The van der Waals surface area contributed by atoms with Crippen LogP contribution in [0.25, 0.3) is 0 Å². The van der Waals surface area contributed by atoms with Crippen molar-refractivity contribution in [2.24, 2.45) is 0 Å². The first-order valence-corrected chi connectivity index (χ1v) is 6.29. The Hall–Kier alpha value is -0.120. The molecule has 1 unspecified atom stereocenters. The van der Waals surface area contributed by atoms with E-state index in [1.807, 2.05) is 13.8 Å². The van der Waals surface area contributed by atoms with Gasteiger partial charge in [0.1, 0.15) is 0 Å². The van der Waals surface area contributed by atoms with Crippen LogP contribution in [0.5, 0.6) is 0 Å². The summed E-state index contributed by atoms with van der Waals surface area (Å²) in [5.74, 6) is 0. The van der Waals surface area contributed by atoms with Crippen molar-refractivity contribution in [1.29, 1.82) is 0 Å². The second-order valence-electron chi connectivity index (χ2n) is 4.93. The summed E-state index contributed by atoms with van der Waals surface area (Å²) in [4.78, 5) is 2.51. The van der Waals surface area contributed by atoms with E-state index in [4.69, 9.17) is 0 Å². The summed E-state index contributed by atoms with van der Waals surface area (Å²) in [5.41, 5.74) is -0.540. The third-order valence-electron chi connectivity index (χ3n) is 3.32. The first-order chi connectivity index (χ1) is 7.14. The Balaban J connectivity index is 2.00. The Labute approximate surface area is 93.9 Å². The van der Waals surface area contributed by atoms with Crippen molar-refractivity contribution in [3.8, 4) is 0 Å². The zero-order valence-electron chi connectivity index (χ0n) is 10.3. The summed E-state index contributed by atoms with van der Waals surface area (Å²) in [6, 6.07) is 0. The Morgan fingerprint density at radius 2 is 1.93 bits per heavy atom. The largest absolute Gasteiger partial charge is 0.389 e. The van der Waals surface area contributed by atoms with Gasteiger partial charge in [-0.1, -0.05) is 13.3 Å². The van der Waals surface area contributed by atoms with E-state index in [0.717, 1.165) is 19.5 Å². The van der Waals surface area contributed by atoms with Crippen LogP contribution in [0.1, 0.15) is 39.5 Å². The van der Waals surface area contributed by atoms with Gasteiger partial charge in [-0.05, 0) is 39.3 Å². The van der Waals surface area contributed by atoms with Crippen molar-refractivity contribution < 1.29 is 5.11 Å². The van der Waals surface area contributed by atoms with E-state index < -0.39 is 5.60 Å². The maximum atomic E-state index is 9.78. The van der Waals surface area contributed by atoms with Gasteiger partial charge in [-0.3, -0.25) is 0 Å². The van der Waals surface area contributed by atoms with Crippen molar-refractivity contribution in [3.05, 3.63) is 0 Å². The van der Waals surface area contributed by atoms with Crippen LogP contribution in [0.3, 0.4) is 0 Å². The molecule has 15 heavy (non-hydrogen) atoms. The summed E-state index contributed by atoms with van der Waals surface area (Å²) in [6.45, 7) is 9.25. The van der Waals surface area contributed by atoms with Gasteiger partial charge < -0.3 is 15.3 Å². The molecule has 1 aliphatic rings. The Kier molecular flexibility index (Phi) is 5.58. The van der Waals surface area contributed by atoms with E-state index in [-0.39, 0.29) is 0 Å². The molecule has 0 amide bonds. The van der Waals surface area contributed by atoms with Gasteiger partial charge in [-0.25, -0.2) is 0 Å². The number of rotatable bonds is 6. The lowest BCUT2D eigenvalue weighted by molar-refractivity contribution is 0.0551. The molecular weight excluding hydrogens is 188 g/mol. The van der Waals surface area contributed by atoms with Crippen molar-refractivity contribution >= 4 is 0 Å². The first-order valence-electron chi connectivity index (χ1n) is 6.29. The number of hydrogen-bond donors (Lipinski definition) is 2. The molecule has 0 aromatic heterocycles. The van der Waals surface area contributed by atoms with Gasteiger partial charge >= 0.3 is 0 Å². The lowest BCUT2D eigenvalue weighted by Gasteiger charge is -2.27. The van der Waals surface area contributed by atoms with E-state index in [0.29, 0.717) is 6.54 Å². The number of hydrogen-bond acceptors (Lipinski definition) is 3. The summed E-state index contributed by atoms with van der Waals surface area (Å²) < 4.78 is 0. The summed E-state index contributed by atoms with van der Waals surface area (Å²) in [7, 11) is 0. The van der Waals surface area contributed by atoms with Crippen LogP contribution >= 0.6 is 0 Å². The molecule has 1 aliphatic heterocycles. The zero-order chi connectivity index (χ0) is 11.1. The SMILES string of the molecule is CCC(C)(O)CNCCN1CCCCC1. The molecule has 2 N–H and O–H groups in total. The smallest absolute Gasteiger partial charge is 0.0740 e. The van der Waals surface area contributed by atoms with Crippen LogP contribution in [0.2, 0.25) is 0 Å². The minimum atomic E-state index is -0.540. The van der Waals surface area contributed by atoms with Gasteiger partial charge in [-0.15, -0.1) is 0 Å². The zero-order valence-corrected chi connectivity index (χ0v) is 10.3. The molecule has 0 saturated carbocycles. The standard InChI is InChI=1S/C12H26N2O/c1-3-12(2,15)11-13-7-10-14-8-5-4-6-9-14/h13,15H,3-11H2,1-2H3. The summed E-state index contributed by atoms with van der Waals surface area (Å²) in [5, 5.41) is 13.1. The third-order valence-corrected chi connectivity index (χ3v) is 3.32. The number of likely N-dealkylation sites (tertiary alicyclic amines) is 1. The molecule has 90 valence electrons. The number of nitrogens with one attached hydrogen (secondary N) is 1. The van der Waals surface area contributed by atoms with Crippen molar-refractivity contribution in [2.75, 3.05) is 32.7 Å². The highest BCUT2D eigenvalue weighted by Gasteiger charge is 2.16. The van der Waals surface area contributed by atoms with E-state index >= 15 is 0 Å². The van der Waals surface area contributed by atoms with Gasteiger partial charge in [0.2, 0.25) is 0 Å². The quantitative estimate of drug-likeness (QED) is 0.653. The van der Waals surface area contributed by atoms with Crippen LogP contribution in [-0.2, 0) is 0 Å². The molecule has 3 nitrogen and oxygen atoms in total. The molecule has 0 bridgehead atoms. The highest BCUT2D eigenvalue weighted by Crippen LogP contribution is 2.08. The molecule has 3 heteroatoms. The maximum Gasteiger partial charge on any atom is 0.0740 e. The molecule has 0 aromatic carbocycles. The molecule has 1 atom stereocenters. The molecule has 0 spiro atoms. The summed E-state index contributed by atoms with van der Waals surface area (Å²) >= 11 is 0. The van der Waals surface area contributed by atoms with E-state index in [9.17, 15) is 5.11 Å². The number of aliphatic hydroxyl groups is 1. The van der Waals surface area contributed by atoms with Gasteiger partial charge in [0, 0.05) is 19.6 Å². The molecule has 1 fully saturated rings. The molecule has 1 rings (SSSR count). The number of piperidine rings is 1. The van der Waals surface area contributed by atoms with Crippen LogP contribution in [0.4, 0.5) is 0 Å². The van der Waals surface area contributed by atoms with E-state index in [1.54, 1.807) is 0 Å². The first kappa shape index (κ1) is 12.9. The van der Waals surface area contributed by atoms with Crippen LogP contribution in [0, 0.1) is 0 Å². The fraction of sp³-hybridized carbons (Fsp3) is 1.00. The van der Waals surface area contributed by atoms with Crippen LogP contribution in [0.15, 0.2) is 0 Å². The van der Waals surface area contributed by atoms with Crippen LogP contribution < -0.4 is 5.32 Å². The van der Waals surface area contributed by atoms with Gasteiger partial charge in [0.15, 0.2) is 0 Å². The predicted molar refractivity (Wildman–Crippen MR) is 64.1 cm³/mol. The highest BCUT2D eigenvalue weighted by molar-refractivity contribution is 4.74. The van der Waals surface area contributed by atoms with Crippen molar-refractivity contribution in [2.45, 2.75) is 45.1 Å². The molecular formula is C12H26N2O. The van der Waals surface area contributed by atoms with Gasteiger partial charge in [-0.2, -0.15) is 0 Å². The second-order valence-corrected chi connectivity index (χ2v) is 4.93. The minimum absolute atomic E-state index is 0.540. The monoisotopic (exact) mass is 214 g/mol. The summed E-state index contributed by atoms with van der Waals surface area (Å²) in [6.07, 6.45) is 4.91. The van der Waals surface area contributed by atoms with Gasteiger partial charge in [0.25, 0.3) is 0 Å². The van der Waals surface area contributed by atoms with E-state index in [2.05, 4.69) is 10.2 Å². The Morgan fingerprint density at radius 3 is 2.53 bits per heavy atom. The van der Waals surface area contributed by atoms with Gasteiger partial charge in [0.05, 0.1) is 5.60 Å². The molecule has 1 saturated heterocycles. The molecule has 0 aromatic rings. The highest BCUT2D eigenvalue weighted by atomic mass is 16.3. The molecule has 0 aliphatic carbocycles. The van der Waals surface area contributed by atoms with Crippen LogP contribution in [-0.4, -0.2) is 48.3 Å². The second kappa shape index (κ2) is 6.46. The number of nitrogens with zero attached hydrogens (tertiary/aromatic N) is 1. The normalized spacial score (nSPS) is 22.6. The Morgan fingerprint density at radius 1 is 1.27 bits per heavy atom. The fourth-order valence-electron chi connectivity index (χ4n) is 1.90. The topological polar surface area (TPSA) is 35.5 Å². The fourth-order valence-corrected chi connectivity index (χ4v) is 1.90. The van der Waals surface area contributed by atoms with Crippen molar-refractivity contribution in [1.82, 2.24) is 10.2 Å². The lowest BCUT2D eigenvalue weighted by Crippen LogP contribution is -2.41. The predicted octanol–water partition coefficient (Wildman–Crippen LogP) is 1.22. The average molecular weight is 214 g/mol. The average Bonchev–Trinajstić information content (AvgIpc) is 2.26.